The Kier molecular flexibility index (Phi) is 3.08. The van der Waals surface area contributed by atoms with Gasteiger partial charge in [-0.25, -0.2) is 4.98 Å². The highest BCUT2D eigenvalue weighted by Gasteiger charge is 2.33. The summed E-state index contributed by atoms with van der Waals surface area (Å²) in [5.41, 5.74) is -0.530. The highest BCUT2D eigenvalue weighted by molar-refractivity contribution is 5.09. The molecule has 0 aromatic carbocycles. The van der Waals surface area contributed by atoms with Gasteiger partial charge < -0.3 is 0 Å². The first kappa shape index (κ1) is 10.9. The Bertz CT molecular complexity index is 309. The number of alkyl halides is 3. The van der Waals surface area contributed by atoms with Gasteiger partial charge in [0.25, 0.3) is 0 Å². The first-order valence-electron chi connectivity index (χ1n) is 4.34. The molecule has 0 saturated heterocycles. The zero-order valence-electron chi connectivity index (χ0n) is 7.97. The van der Waals surface area contributed by atoms with Crippen LogP contribution in [0.25, 0.3) is 0 Å². The number of aromatic nitrogens is 2. The van der Waals surface area contributed by atoms with E-state index in [2.05, 4.69) is 9.97 Å². The van der Waals surface area contributed by atoms with Crippen LogP contribution in [0.4, 0.5) is 13.2 Å². The molecule has 1 aromatic heterocycles. The van der Waals surface area contributed by atoms with E-state index in [0.29, 0.717) is 5.69 Å². The quantitative estimate of drug-likeness (QED) is 0.740. The summed E-state index contributed by atoms with van der Waals surface area (Å²) in [6.07, 6.45) is -1.54. The van der Waals surface area contributed by atoms with Crippen molar-refractivity contribution < 1.29 is 13.2 Å². The zero-order valence-corrected chi connectivity index (χ0v) is 7.97. The van der Waals surface area contributed by atoms with E-state index in [9.17, 15) is 13.2 Å². The third-order valence-corrected chi connectivity index (χ3v) is 2.06. The summed E-state index contributed by atoms with van der Waals surface area (Å²) in [5.74, 6) is 0.00444. The molecule has 14 heavy (non-hydrogen) atoms. The lowest BCUT2D eigenvalue weighted by atomic mass is 10.1. The minimum Gasteiger partial charge on any atom is -0.261 e. The molecule has 5 heteroatoms. The second kappa shape index (κ2) is 3.94. The molecule has 78 valence electrons. The van der Waals surface area contributed by atoms with Gasteiger partial charge in [0.05, 0.1) is 11.9 Å². The van der Waals surface area contributed by atoms with Crippen molar-refractivity contribution >= 4 is 0 Å². The Labute approximate surface area is 80.2 Å². The summed E-state index contributed by atoms with van der Waals surface area (Å²) in [5, 5.41) is 0. The minimum atomic E-state index is -4.41. The maximum atomic E-state index is 12.2. The van der Waals surface area contributed by atoms with Crippen molar-refractivity contribution in [3.8, 4) is 0 Å². The summed E-state index contributed by atoms with van der Waals surface area (Å²) in [6, 6.07) is 0. The van der Waals surface area contributed by atoms with Crippen molar-refractivity contribution in [1.29, 1.82) is 0 Å². The van der Waals surface area contributed by atoms with E-state index in [1.54, 1.807) is 0 Å². The first-order chi connectivity index (χ1) is 6.45. The van der Waals surface area contributed by atoms with Gasteiger partial charge in [0, 0.05) is 6.20 Å². The fraction of sp³-hybridized carbons (Fsp3) is 0.556. The average molecular weight is 204 g/mol. The fourth-order valence-electron chi connectivity index (χ4n) is 0.964. The molecule has 0 N–H and O–H groups in total. The SMILES string of the molecule is CCC(C)c1cncc(C(F)(F)F)n1. The monoisotopic (exact) mass is 204 g/mol. The zero-order chi connectivity index (χ0) is 10.8. The molecular weight excluding hydrogens is 193 g/mol. The molecule has 1 aromatic rings. The number of halogens is 3. The minimum absolute atomic E-state index is 0.00444. The van der Waals surface area contributed by atoms with E-state index in [1.165, 1.54) is 6.20 Å². The van der Waals surface area contributed by atoms with Crippen LogP contribution in [0.2, 0.25) is 0 Å². The van der Waals surface area contributed by atoms with E-state index >= 15 is 0 Å². The lowest BCUT2D eigenvalue weighted by Gasteiger charge is -2.10. The molecule has 1 atom stereocenters. The molecule has 0 amide bonds. The smallest absolute Gasteiger partial charge is 0.261 e. The third-order valence-electron chi connectivity index (χ3n) is 2.06. The number of nitrogens with zero attached hydrogens (tertiary/aromatic N) is 2. The lowest BCUT2D eigenvalue weighted by Crippen LogP contribution is -2.11. The number of rotatable bonds is 2. The predicted octanol–water partition coefficient (Wildman–Crippen LogP) is 3.01. The van der Waals surface area contributed by atoms with Crippen molar-refractivity contribution in [2.45, 2.75) is 32.4 Å². The van der Waals surface area contributed by atoms with Crippen LogP contribution >= 0.6 is 0 Å². The van der Waals surface area contributed by atoms with Gasteiger partial charge in [0.2, 0.25) is 0 Å². The summed E-state index contributed by atoms with van der Waals surface area (Å²) in [7, 11) is 0. The molecular formula is C9H11F3N2. The van der Waals surface area contributed by atoms with E-state index < -0.39 is 11.9 Å². The maximum absolute atomic E-state index is 12.2. The summed E-state index contributed by atoms with van der Waals surface area (Å²) < 4.78 is 36.7. The van der Waals surface area contributed by atoms with Gasteiger partial charge in [-0.2, -0.15) is 13.2 Å². The number of hydrogen-bond acceptors (Lipinski definition) is 2. The Morgan fingerprint density at radius 1 is 1.36 bits per heavy atom. The van der Waals surface area contributed by atoms with Gasteiger partial charge in [-0.3, -0.25) is 4.98 Å². The highest BCUT2D eigenvalue weighted by atomic mass is 19.4. The van der Waals surface area contributed by atoms with Crippen molar-refractivity contribution in [3.05, 3.63) is 23.8 Å². The molecule has 0 aliphatic carbocycles. The fourth-order valence-corrected chi connectivity index (χ4v) is 0.964. The molecule has 0 bridgehead atoms. The van der Waals surface area contributed by atoms with E-state index in [0.717, 1.165) is 12.6 Å². The van der Waals surface area contributed by atoms with Gasteiger partial charge in [0.15, 0.2) is 5.69 Å². The third kappa shape index (κ3) is 2.43. The van der Waals surface area contributed by atoms with E-state index in [4.69, 9.17) is 0 Å². The van der Waals surface area contributed by atoms with Crippen LogP contribution < -0.4 is 0 Å². The lowest BCUT2D eigenvalue weighted by molar-refractivity contribution is -0.141. The van der Waals surface area contributed by atoms with Crippen LogP contribution in [-0.4, -0.2) is 9.97 Å². The van der Waals surface area contributed by atoms with Crippen LogP contribution in [0.1, 0.15) is 37.6 Å². The number of hydrogen-bond donors (Lipinski definition) is 0. The van der Waals surface area contributed by atoms with Crippen LogP contribution in [0.15, 0.2) is 12.4 Å². The standard InChI is InChI=1S/C9H11F3N2/c1-3-6(2)7-4-13-5-8(14-7)9(10,11)12/h4-6H,3H2,1-2H3. The topological polar surface area (TPSA) is 25.8 Å². The molecule has 0 fully saturated rings. The first-order valence-corrected chi connectivity index (χ1v) is 4.34. The van der Waals surface area contributed by atoms with E-state index in [1.807, 2.05) is 13.8 Å². The molecule has 0 aliphatic rings. The second-order valence-corrected chi connectivity index (χ2v) is 3.14. The van der Waals surface area contributed by atoms with Crippen LogP contribution in [0.5, 0.6) is 0 Å². The van der Waals surface area contributed by atoms with Crippen LogP contribution in [0, 0.1) is 0 Å². The van der Waals surface area contributed by atoms with Gasteiger partial charge in [0.1, 0.15) is 0 Å². The Balaban J connectivity index is 3.01. The molecule has 1 rings (SSSR count). The van der Waals surface area contributed by atoms with Gasteiger partial charge in [-0.05, 0) is 12.3 Å². The normalized spacial score (nSPS) is 14.1. The molecule has 1 heterocycles. The summed E-state index contributed by atoms with van der Waals surface area (Å²) in [6.45, 7) is 3.72. The van der Waals surface area contributed by atoms with Crippen molar-refractivity contribution in [2.75, 3.05) is 0 Å². The van der Waals surface area contributed by atoms with Gasteiger partial charge in [-0.15, -0.1) is 0 Å². The van der Waals surface area contributed by atoms with Crippen molar-refractivity contribution in [1.82, 2.24) is 9.97 Å². The van der Waals surface area contributed by atoms with Crippen LogP contribution in [0.3, 0.4) is 0 Å². The molecule has 0 saturated carbocycles. The van der Waals surface area contributed by atoms with Crippen LogP contribution in [-0.2, 0) is 6.18 Å². The van der Waals surface area contributed by atoms with Crippen molar-refractivity contribution in [3.63, 3.8) is 0 Å². The maximum Gasteiger partial charge on any atom is 0.434 e. The van der Waals surface area contributed by atoms with E-state index in [-0.39, 0.29) is 5.92 Å². The average Bonchev–Trinajstić information content (AvgIpc) is 2.15. The summed E-state index contributed by atoms with van der Waals surface area (Å²) in [4.78, 5) is 7.06. The molecule has 0 aliphatic heterocycles. The molecule has 0 radical (unpaired) electrons. The second-order valence-electron chi connectivity index (χ2n) is 3.14. The predicted molar refractivity (Wildman–Crippen MR) is 45.7 cm³/mol. The van der Waals surface area contributed by atoms with Gasteiger partial charge in [-0.1, -0.05) is 13.8 Å². The molecule has 1 unspecified atom stereocenters. The Morgan fingerprint density at radius 3 is 2.50 bits per heavy atom. The van der Waals surface area contributed by atoms with Gasteiger partial charge >= 0.3 is 6.18 Å². The Hall–Kier alpha value is -1.13. The Morgan fingerprint density at radius 2 is 2.00 bits per heavy atom. The largest absolute Gasteiger partial charge is 0.434 e. The summed E-state index contributed by atoms with van der Waals surface area (Å²) >= 11 is 0. The highest BCUT2D eigenvalue weighted by Crippen LogP contribution is 2.28. The molecule has 0 spiro atoms. The molecule has 2 nitrogen and oxygen atoms in total. The van der Waals surface area contributed by atoms with Crippen molar-refractivity contribution in [2.24, 2.45) is 0 Å².